The highest BCUT2D eigenvalue weighted by Crippen LogP contribution is 2.41. The molecule has 0 aliphatic heterocycles. The fourth-order valence-electron chi connectivity index (χ4n) is 7.91. The molecule has 8 aromatic carbocycles. The van der Waals surface area contributed by atoms with Crippen molar-refractivity contribution in [2.75, 3.05) is 0 Å². The number of para-hydroxylation sites is 1. The number of nitrogens with zero attached hydrogens (tertiary/aromatic N) is 3. The molecule has 0 bridgehead atoms. The number of hydrogen-bond donors (Lipinski definition) is 0. The maximum absolute atomic E-state index is 6.59. The average Bonchev–Trinajstić information content (AvgIpc) is 3.74. The van der Waals surface area contributed by atoms with Gasteiger partial charge in [-0.05, 0) is 75.1 Å². The van der Waals surface area contributed by atoms with Crippen molar-refractivity contribution in [2.45, 2.75) is 0 Å². The molecule has 11 aromatic rings. The summed E-state index contributed by atoms with van der Waals surface area (Å²) in [5.41, 5.74) is 10.6. The van der Waals surface area contributed by atoms with Gasteiger partial charge in [-0.25, -0.2) is 9.97 Å². The van der Waals surface area contributed by atoms with Gasteiger partial charge in [-0.1, -0.05) is 133 Å². The molecule has 0 saturated carbocycles. The van der Waals surface area contributed by atoms with Crippen LogP contribution in [0, 0.1) is 0 Å². The quantitative estimate of drug-likeness (QED) is 0.188. The molecule has 0 fully saturated rings. The second-order valence-electron chi connectivity index (χ2n) is 13.4. The second kappa shape index (κ2) is 11.2. The van der Waals surface area contributed by atoms with Gasteiger partial charge in [0.05, 0.1) is 11.0 Å². The summed E-state index contributed by atoms with van der Waals surface area (Å²) in [6.07, 6.45) is 0. The summed E-state index contributed by atoms with van der Waals surface area (Å²) in [4.78, 5) is 10.7. The first-order valence-corrected chi connectivity index (χ1v) is 17.6. The van der Waals surface area contributed by atoms with E-state index in [2.05, 4.69) is 156 Å². The van der Waals surface area contributed by atoms with E-state index in [1.54, 1.807) is 0 Å². The van der Waals surface area contributed by atoms with Crippen molar-refractivity contribution in [3.8, 4) is 39.5 Å². The smallest absolute Gasteiger partial charge is 0.180 e. The first kappa shape index (κ1) is 28.8. The van der Waals surface area contributed by atoms with Gasteiger partial charge in [0.1, 0.15) is 16.8 Å². The number of furan rings is 1. The standard InChI is InChI=1S/C48H29N3O/c1-3-13-30(14-4-1)34-23-24-44-41(27-34)46-47(52-44)45(31-15-5-2-6-16-31)49-48(50-46)40-29-36(25-35-19-9-10-20-37(35)40)51-42-22-12-11-21-38(42)39-26-32-17-7-8-18-33(32)28-43(39)51/h1-29H. The van der Waals surface area contributed by atoms with Gasteiger partial charge in [0.25, 0.3) is 0 Å². The van der Waals surface area contributed by atoms with E-state index in [1.165, 1.54) is 21.5 Å². The third-order valence-electron chi connectivity index (χ3n) is 10.4. The van der Waals surface area contributed by atoms with E-state index in [1.807, 2.05) is 24.3 Å². The van der Waals surface area contributed by atoms with E-state index in [0.717, 1.165) is 71.9 Å². The first-order chi connectivity index (χ1) is 25.8. The largest absolute Gasteiger partial charge is 0.452 e. The lowest BCUT2D eigenvalue weighted by molar-refractivity contribution is 0.667. The van der Waals surface area contributed by atoms with Crippen LogP contribution in [0.3, 0.4) is 0 Å². The molecule has 52 heavy (non-hydrogen) atoms. The van der Waals surface area contributed by atoms with Gasteiger partial charge in [-0.3, -0.25) is 0 Å². The van der Waals surface area contributed by atoms with E-state index in [0.29, 0.717) is 11.4 Å². The molecule has 0 saturated heterocycles. The lowest BCUT2D eigenvalue weighted by atomic mass is 10.0. The third kappa shape index (κ3) is 4.41. The third-order valence-corrected chi connectivity index (χ3v) is 10.4. The van der Waals surface area contributed by atoms with Gasteiger partial charge in [0.2, 0.25) is 0 Å². The topological polar surface area (TPSA) is 43.9 Å². The van der Waals surface area contributed by atoms with Crippen LogP contribution in [0.5, 0.6) is 0 Å². The monoisotopic (exact) mass is 663 g/mol. The van der Waals surface area contributed by atoms with Crippen molar-refractivity contribution in [1.82, 2.24) is 14.5 Å². The summed E-state index contributed by atoms with van der Waals surface area (Å²) in [6, 6.07) is 62.1. The minimum absolute atomic E-state index is 0.656. The molecular weight excluding hydrogens is 635 g/mol. The summed E-state index contributed by atoms with van der Waals surface area (Å²) in [5.74, 6) is 0.656. The van der Waals surface area contributed by atoms with Crippen molar-refractivity contribution >= 4 is 65.4 Å². The van der Waals surface area contributed by atoms with E-state index in [4.69, 9.17) is 14.4 Å². The Labute approximate surface area is 298 Å². The second-order valence-corrected chi connectivity index (χ2v) is 13.4. The highest BCUT2D eigenvalue weighted by molar-refractivity contribution is 6.14. The minimum Gasteiger partial charge on any atom is -0.452 e. The number of rotatable bonds is 4. The molecule has 0 aliphatic rings. The van der Waals surface area contributed by atoms with Crippen LogP contribution in [0.4, 0.5) is 0 Å². The maximum Gasteiger partial charge on any atom is 0.180 e. The molecule has 0 atom stereocenters. The fraction of sp³-hybridized carbons (Fsp3) is 0. The highest BCUT2D eigenvalue weighted by Gasteiger charge is 2.21. The lowest BCUT2D eigenvalue weighted by Crippen LogP contribution is -1.98. The van der Waals surface area contributed by atoms with E-state index < -0.39 is 0 Å². The van der Waals surface area contributed by atoms with Crippen LogP contribution >= 0.6 is 0 Å². The number of hydrogen-bond acceptors (Lipinski definition) is 3. The lowest BCUT2D eigenvalue weighted by Gasteiger charge is -2.14. The Morgan fingerprint density at radius 2 is 1.10 bits per heavy atom. The molecule has 3 aromatic heterocycles. The van der Waals surface area contributed by atoms with Crippen molar-refractivity contribution in [3.63, 3.8) is 0 Å². The Morgan fingerprint density at radius 1 is 0.423 bits per heavy atom. The molecule has 0 spiro atoms. The van der Waals surface area contributed by atoms with Gasteiger partial charge in [-0.15, -0.1) is 0 Å². The molecular formula is C48H29N3O. The van der Waals surface area contributed by atoms with E-state index >= 15 is 0 Å². The molecule has 11 rings (SSSR count). The zero-order valence-corrected chi connectivity index (χ0v) is 28.0. The predicted molar refractivity (Wildman–Crippen MR) is 215 cm³/mol. The van der Waals surface area contributed by atoms with Crippen molar-refractivity contribution < 1.29 is 4.42 Å². The molecule has 0 N–H and O–H groups in total. The van der Waals surface area contributed by atoms with E-state index in [9.17, 15) is 0 Å². The zero-order valence-electron chi connectivity index (χ0n) is 28.0. The Balaban J connectivity index is 1.22. The summed E-state index contributed by atoms with van der Waals surface area (Å²) in [6.45, 7) is 0. The minimum atomic E-state index is 0.656. The zero-order chi connectivity index (χ0) is 34.2. The molecule has 0 aliphatic carbocycles. The van der Waals surface area contributed by atoms with Crippen LogP contribution in [0.1, 0.15) is 0 Å². The summed E-state index contributed by atoms with van der Waals surface area (Å²) < 4.78 is 8.98. The highest BCUT2D eigenvalue weighted by atomic mass is 16.3. The summed E-state index contributed by atoms with van der Waals surface area (Å²) in [7, 11) is 0. The summed E-state index contributed by atoms with van der Waals surface area (Å²) >= 11 is 0. The SMILES string of the molecule is c1ccc(-c2ccc3oc4c(-c5ccccc5)nc(-c5cc(-n6c7ccccc7c7cc8ccccc8cc76)cc6ccccc56)nc4c3c2)cc1. The van der Waals surface area contributed by atoms with Gasteiger partial charge < -0.3 is 8.98 Å². The Hall–Kier alpha value is -7.04. The van der Waals surface area contributed by atoms with Gasteiger partial charge >= 0.3 is 0 Å². The molecule has 0 amide bonds. The van der Waals surface area contributed by atoms with E-state index in [-0.39, 0.29) is 0 Å². The average molecular weight is 664 g/mol. The number of aromatic nitrogens is 3. The van der Waals surface area contributed by atoms with Gasteiger partial charge in [0.15, 0.2) is 11.4 Å². The molecule has 4 heteroatoms. The van der Waals surface area contributed by atoms with Crippen LogP contribution in [0.25, 0.3) is 105 Å². The number of benzene rings is 8. The first-order valence-electron chi connectivity index (χ1n) is 17.6. The molecule has 0 radical (unpaired) electrons. The van der Waals surface area contributed by atoms with Gasteiger partial charge in [-0.2, -0.15) is 0 Å². The number of fused-ring (bicyclic) bond motifs is 8. The Bertz CT molecular complexity index is 3180. The predicted octanol–water partition coefficient (Wildman–Crippen LogP) is 12.8. The van der Waals surface area contributed by atoms with Crippen molar-refractivity contribution in [1.29, 1.82) is 0 Å². The normalized spacial score (nSPS) is 11.8. The van der Waals surface area contributed by atoms with Gasteiger partial charge in [0, 0.05) is 33.0 Å². The van der Waals surface area contributed by atoms with Crippen molar-refractivity contribution in [2.24, 2.45) is 0 Å². The van der Waals surface area contributed by atoms with Crippen molar-refractivity contribution in [3.05, 3.63) is 176 Å². The maximum atomic E-state index is 6.59. The van der Waals surface area contributed by atoms with Crippen LogP contribution in [-0.2, 0) is 0 Å². The Morgan fingerprint density at radius 3 is 1.90 bits per heavy atom. The fourth-order valence-corrected chi connectivity index (χ4v) is 7.91. The van der Waals surface area contributed by atoms with Crippen LogP contribution in [0.2, 0.25) is 0 Å². The molecule has 4 nitrogen and oxygen atoms in total. The van der Waals surface area contributed by atoms with Crippen LogP contribution in [-0.4, -0.2) is 14.5 Å². The molecule has 242 valence electrons. The molecule has 0 unspecified atom stereocenters. The molecule has 3 heterocycles. The Kier molecular flexibility index (Phi) is 6.22. The van der Waals surface area contributed by atoms with Crippen LogP contribution in [0.15, 0.2) is 180 Å². The summed E-state index contributed by atoms with van der Waals surface area (Å²) in [5, 5.41) is 8.07. The van der Waals surface area contributed by atoms with Crippen LogP contribution < -0.4 is 0 Å².